The molecule has 0 unspecified atom stereocenters. The van der Waals surface area contributed by atoms with Crippen LogP contribution >= 0.6 is 0 Å². The number of aromatic nitrogens is 1. The lowest BCUT2D eigenvalue weighted by molar-refractivity contribution is -0.276. The van der Waals surface area contributed by atoms with Crippen LogP contribution in [0.25, 0.3) is 0 Å². The Morgan fingerprint density at radius 3 is 2.39 bits per heavy atom. The van der Waals surface area contributed by atoms with Crippen molar-refractivity contribution in [2.45, 2.75) is 12.8 Å². The summed E-state index contributed by atoms with van der Waals surface area (Å²) >= 11 is 0. The van der Waals surface area contributed by atoms with E-state index in [2.05, 4.69) is 14.5 Å². The van der Waals surface area contributed by atoms with Crippen LogP contribution in [0.5, 0.6) is 11.6 Å². The number of halogens is 5. The zero-order valence-corrected chi connectivity index (χ0v) is 8.79. The first-order chi connectivity index (χ1) is 8.28. The van der Waals surface area contributed by atoms with Crippen LogP contribution in [0.1, 0.15) is 22.5 Å². The van der Waals surface area contributed by atoms with Gasteiger partial charge in [0.25, 0.3) is 6.43 Å². The Balaban J connectivity index is 3.33. The van der Waals surface area contributed by atoms with Gasteiger partial charge in [0.2, 0.25) is 5.88 Å². The molecule has 0 atom stereocenters. The fourth-order valence-electron chi connectivity index (χ4n) is 1.10. The Kier molecular flexibility index (Phi) is 4.04. The minimum atomic E-state index is -5.19. The van der Waals surface area contributed by atoms with E-state index in [1.165, 1.54) is 0 Å². The van der Waals surface area contributed by atoms with Gasteiger partial charge in [0.05, 0.1) is 12.7 Å². The van der Waals surface area contributed by atoms with Gasteiger partial charge in [-0.2, -0.15) is 0 Å². The molecule has 1 rings (SSSR count). The van der Waals surface area contributed by atoms with Gasteiger partial charge in [0, 0.05) is 0 Å². The van der Waals surface area contributed by atoms with Crippen LogP contribution in [0.15, 0.2) is 6.07 Å². The summed E-state index contributed by atoms with van der Waals surface area (Å²) in [6, 6.07) is 0.572. The second-order valence-electron chi connectivity index (χ2n) is 2.94. The molecule has 18 heavy (non-hydrogen) atoms. The molecule has 0 radical (unpaired) electrons. The van der Waals surface area contributed by atoms with E-state index < -0.39 is 29.9 Å². The molecule has 100 valence electrons. The molecule has 0 aromatic carbocycles. The third kappa shape index (κ3) is 3.28. The lowest BCUT2D eigenvalue weighted by Crippen LogP contribution is -2.19. The molecule has 0 spiro atoms. The second kappa shape index (κ2) is 5.15. The van der Waals surface area contributed by atoms with Crippen LogP contribution in [0.3, 0.4) is 0 Å². The van der Waals surface area contributed by atoms with Gasteiger partial charge in [-0.05, 0) is 6.07 Å². The molecule has 0 amide bonds. The smallest absolute Gasteiger partial charge is 0.494 e. The van der Waals surface area contributed by atoms with E-state index in [0.717, 1.165) is 7.11 Å². The highest BCUT2D eigenvalue weighted by Gasteiger charge is 2.35. The Bertz CT molecular complexity index is 447. The van der Waals surface area contributed by atoms with Gasteiger partial charge in [0.1, 0.15) is 11.4 Å². The molecule has 1 heterocycles. The number of ether oxygens (including phenoxy) is 2. The van der Waals surface area contributed by atoms with E-state index in [0.29, 0.717) is 6.07 Å². The summed E-state index contributed by atoms with van der Waals surface area (Å²) in [6.45, 7) is 0. The highest BCUT2D eigenvalue weighted by molar-refractivity contribution is 5.77. The topological polar surface area (TPSA) is 48.4 Å². The zero-order chi connectivity index (χ0) is 13.9. The number of pyridine rings is 1. The number of methoxy groups -OCH3 is 1. The first-order valence-electron chi connectivity index (χ1n) is 4.36. The van der Waals surface area contributed by atoms with Gasteiger partial charge in [-0.1, -0.05) is 0 Å². The lowest BCUT2D eigenvalue weighted by atomic mass is 10.2. The number of nitrogens with zero attached hydrogens (tertiary/aromatic N) is 1. The fraction of sp³-hybridized carbons (Fsp3) is 0.333. The molecule has 4 nitrogen and oxygen atoms in total. The number of rotatable bonds is 4. The van der Waals surface area contributed by atoms with Crippen LogP contribution in [-0.4, -0.2) is 24.7 Å². The average molecular weight is 271 g/mol. The van der Waals surface area contributed by atoms with Crippen molar-refractivity contribution in [1.29, 1.82) is 0 Å². The molecular weight excluding hydrogens is 265 g/mol. The predicted molar refractivity (Wildman–Crippen MR) is 47.8 cm³/mol. The second-order valence-corrected chi connectivity index (χ2v) is 2.94. The Morgan fingerprint density at radius 1 is 1.39 bits per heavy atom. The normalized spacial score (nSPS) is 11.5. The third-order valence-electron chi connectivity index (χ3n) is 1.79. The number of carbonyl (C=O) groups excluding carboxylic acids is 1. The Labute approximate surface area is 97.3 Å². The summed E-state index contributed by atoms with van der Waals surface area (Å²) in [5.74, 6) is -1.74. The number of carbonyl (C=O) groups is 1. The van der Waals surface area contributed by atoms with Crippen LogP contribution < -0.4 is 9.47 Å². The highest BCUT2D eigenvalue weighted by atomic mass is 19.4. The summed E-state index contributed by atoms with van der Waals surface area (Å²) in [5.41, 5.74) is -1.68. The molecule has 0 aliphatic carbocycles. The minimum Gasteiger partial charge on any atom is -0.494 e. The Hall–Kier alpha value is -1.93. The van der Waals surface area contributed by atoms with Crippen LogP contribution in [0.4, 0.5) is 22.0 Å². The monoisotopic (exact) mass is 271 g/mol. The molecule has 1 aromatic heterocycles. The summed E-state index contributed by atoms with van der Waals surface area (Å²) in [5, 5.41) is 0. The molecule has 0 N–H and O–H groups in total. The lowest BCUT2D eigenvalue weighted by Gasteiger charge is -2.13. The van der Waals surface area contributed by atoms with E-state index in [1.807, 2.05) is 0 Å². The van der Waals surface area contributed by atoms with Crippen molar-refractivity contribution >= 4 is 6.29 Å². The maximum Gasteiger partial charge on any atom is 0.574 e. The zero-order valence-electron chi connectivity index (χ0n) is 8.79. The number of hydrogen-bond acceptors (Lipinski definition) is 4. The van der Waals surface area contributed by atoms with Crippen molar-refractivity contribution in [3.8, 4) is 11.6 Å². The van der Waals surface area contributed by atoms with E-state index in [-0.39, 0.29) is 12.0 Å². The molecule has 0 aliphatic rings. The van der Waals surface area contributed by atoms with Crippen LogP contribution in [0, 0.1) is 0 Å². The van der Waals surface area contributed by atoms with Gasteiger partial charge in [0.15, 0.2) is 6.29 Å². The van der Waals surface area contributed by atoms with Crippen molar-refractivity contribution < 1.29 is 36.2 Å². The minimum absolute atomic E-state index is 0.0668. The van der Waals surface area contributed by atoms with Crippen LogP contribution in [0.2, 0.25) is 0 Å². The maximum absolute atomic E-state index is 12.5. The molecule has 0 aliphatic heterocycles. The van der Waals surface area contributed by atoms with E-state index in [4.69, 9.17) is 0 Å². The van der Waals surface area contributed by atoms with Gasteiger partial charge in [-0.15, -0.1) is 13.2 Å². The SMILES string of the molecule is COc1cc(C(F)F)c(OC(F)(F)F)nc1C=O. The number of aldehydes is 1. The van der Waals surface area contributed by atoms with Gasteiger partial charge in [-0.3, -0.25) is 4.79 Å². The summed E-state index contributed by atoms with van der Waals surface area (Å²) < 4.78 is 68.9. The summed E-state index contributed by atoms with van der Waals surface area (Å²) in [4.78, 5) is 13.6. The van der Waals surface area contributed by atoms with Gasteiger partial charge < -0.3 is 9.47 Å². The molecule has 1 aromatic rings. The Morgan fingerprint density at radius 2 is 2.00 bits per heavy atom. The first kappa shape index (κ1) is 14.1. The first-order valence-corrected chi connectivity index (χ1v) is 4.36. The summed E-state index contributed by atoms with van der Waals surface area (Å²) in [6.07, 6.45) is -8.38. The highest BCUT2D eigenvalue weighted by Crippen LogP contribution is 2.34. The largest absolute Gasteiger partial charge is 0.574 e. The van der Waals surface area contributed by atoms with E-state index >= 15 is 0 Å². The molecule has 0 saturated heterocycles. The van der Waals surface area contributed by atoms with Crippen molar-refractivity contribution in [1.82, 2.24) is 4.98 Å². The average Bonchev–Trinajstić information content (AvgIpc) is 2.25. The standard InChI is InChI=1S/C9H6F5NO3/c1-17-6-2-4(7(10)11)8(15-5(6)3-16)18-9(12,13)14/h2-3,7H,1H3. The quantitative estimate of drug-likeness (QED) is 0.624. The number of alkyl halides is 5. The molecular formula is C9H6F5NO3. The molecule has 0 bridgehead atoms. The third-order valence-corrected chi connectivity index (χ3v) is 1.79. The molecule has 9 heteroatoms. The van der Waals surface area contributed by atoms with E-state index in [1.54, 1.807) is 0 Å². The van der Waals surface area contributed by atoms with Crippen molar-refractivity contribution in [2.75, 3.05) is 7.11 Å². The number of hydrogen-bond donors (Lipinski definition) is 0. The summed E-state index contributed by atoms with van der Waals surface area (Å²) in [7, 11) is 1.06. The van der Waals surface area contributed by atoms with Crippen molar-refractivity contribution in [2.24, 2.45) is 0 Å². The van der Waals surface area contributed by atoms with Crippen molar-refractivity contribution in [3.63, 3.8) is 0 Å². The van der Waals surface area contributed by atoms with Crippen LogP contribution in [-0.2, 0) is 0 Å². The van der Waals surface area contributed by atoms with Crippen molar-refractivity contribution in [3.05, 3.63) is 17.3 Å². The molecule has 0 saturated carbocycles. The van der Waals surface area contributed by atoms with Gasteiger partial charge in [-0.25, -0.2) is 13.8 Å². The maximum atomic E-state index is 12.5. The predicted octanol–water partition coefficient (Wildman–Crippen LogP) is 2.74. The fourth-order valence-corrected chi connectivity index (χ4v) is 1.10. The molecule has 0 fully saturated rings. The van der Waals surface area contributed by atoms with E-state index in [9.17, 15) is 26.7 Å². The van der Waals surface area contributed by atoms with Gasteiger partial charge >= 0.3 is 6.36 Å².